The number of fused-ring (bicyclic) bond motifs is 1. The molecule has 0 bridgehead atoms. The van der Waals surface area contributed by atoms with Crippen LogP contribution in [0.15, 0.2) is 29.4 Å². The van der Waals surface area contributed by atoms with Crippen molar-refractivity contribution in [3.8, 4) is 0 Å². The second kappa shape index (κ2) is 8.12. The van der Waals surface area contributed by atoms with Gasteiger partial charge in [0.2, 0.25) is 5.91 Å². The third-order valence-electron chi connectivity index (χ3n) is 6.50. The molecule has 8 nitrogen and oxygen atoms in total. The Labute approximate surface area is 171 Å². The van der Waals surface area contributed by atoms with Crippen LogP contribution < -0.4 is 5.73 Å². The highest BCUT2D eigenvalue weighted by Crippen LogP contribution is 2.34. The molecule has 2 saturated heterocycles. The van der Waals surface area contributed by atoms with E-state index in [2.05, 4.69) is 4.98 Å². The van der Waals surface area contributed by atoms with Crippen LogP contribution in [0.2, 0.25) is 0 Å². The van der Waals surface area contributed by atoms with Gasteiger partial charge in [0.15, 0.2) is 10.8 Å². The lowest BCUT2D eigenvalue weighted by molar-refractivity contribution is -0.137. The van der Waals surface area contributed by atoms with E-state index in [0.29, 0.717) is 25.3 Å². The molecule has 158 valence electrons. The van der Waals surface area contributed by atoms with Crippen molar-refractivity contribution in [2.45, 2.75) is 68.1 Å². The van der Waals surface area contributed by atoms with Gasteiger partial charge in [-0.1, -0.05) is 38.2 Å². The van der Waals surface area contributed by atoms with Gasteiger partial charge in [0.25, 0.3) is 10.0 Å². The van der Waals surface area contributed by atoms with E-state index in [0.717, 1.165) is 12.8 Å². The van der Waals surface area contributed by atoms with Crippen molar-refractivity contribution in [2.75, 3.05) is 13.1 Å². The average Bonchev–Trinajstić information content (AvgIpc) is 3.30. The maximum absolute atomic E-state index is 13.0. The minimum absolute atomic E-state index is 0.0766. The van der Waals surface area contributed by atoms with E-state index in [-0.39, 0.29) is 23.3 Å². The Morgan fingerprint density at radius 2 is 1.97 bits per heavy atom. The van der Waals surface area contributed by atoms with Crippen LogP contribution in [0.1, 0.15) is 44.9 Å². The van der Waals surface area contributed by atoms with Gasteiger partial charge in [-0.2, -0.15) is 4.31 Å². The van der Waals surface area contributed by atoms with Crippen LogP contribution in [-0.2, 0) is 19.6 Å². The van der Waals surface area contributed by atoms with Gasteiger partial charge in [-0.25, -0.2) is 13.4 Å². The number of likely N-dealkylation sites (tertiary alicyclic amines) is 1. The number of amides is 1. The maximum Gasteiger partial charge on any atom is 0.261 e. The molecule has 3 aliphatic rings. The second-order valence-electron chi connectivity index (χ2n) is 8.36. The summed E-state index contributed by atoms with van der Waals surface area (Å²) in [6.07, 6.45) is 8.28. The molecule has 1 aromatic rings. The van der Waals surface area contributed by atoms with Gasteiger partial charge in [0, 0.05) is 12.7 Å². The highest BCUT2D eigenvalue weighted by Gasteiger charge is 2.54. The molecule has 2 N–H and O–H groups in total. The van der Waals surface area contributed by atoms with Crippen LogP contribution in [0.3, 0.4) is 0 Å². The molecular weight excluding hydrogens is 392 g/mol. The summed E-state index contributed by atoms with van der Waals surface area (Å²) >= 11 is 0. The summed E-state index contributed by atoms with van der Waals surface area (Å²) in [6, 6.07) is 2.75. The fourth-order valence-corrected chi connectivity index (χ4v) is 6.62. The van der Waals surface area contributed by atoms with Crippen molar-refractivity contribution in [3.05, 3.63) is 24.4 Å². The van der Waals surface area contributed by atoms with E-state index in [9.17, 15) is 18.0 Å². The molecule has 1 aliphatic carbocycles. The van der Waals surface area contributed by atoms with Crippen molar-refractivity contribution in [1.29, 1.82) is 0 Å². The predicted octanol–water partition coefficient (Wildman–Crippen LogP) is 0.922. The van der Waals surface area contributed by atoms with E-state index in [1.165, 1.54) is 40.7 Å². The summed E-state index contributed by atoms with van der Waals surface area (Å²) in [5.41, 5.74) is 6.22. The first-order chi connectivity index (χ1) is 13.9. The van der Waals surface area contributed by atoms with E-state index in [4.69, 9.17) is 5.73 Å². The number of ketones is 1. The van der Waals surface area contributed by atoms with Gasteiger partial charge >= 0.3 is 0 Å². The minimum Gasteiger partial charge on any atom is -0.330 e. The highest BCUT2D eigenvalue weighted by molar-refractivity contribution is 7.89. The van der Waals surface area contributed by atoms with Gasteiger partial charge in [-0.05, 0) is 30.9 Å². The first-order valence-electron chi connectivity index (χ1n) is 10.4. The van der Waals surface area contributed by atoms with E-state index >= 15 is 0 Å². The third-order valence-corrected chi connectivity index (χ3v) is 8.29. The van der Waals surface area contributed by atoms with Crippen molar-refractivity contribution < 1.29 is 18.0 Å². The quantitative estimate of drug-likeness (QED) is 0.758. The lowest BCUT2D eigenvalue weighted by atomic mass is 9.84. The molecule has 2 aliphatic heterocycles. The number of Topliss-reactive ketones (excluding diaryl/α,β-unsaturated/α-hetero) is 1. The lowest BCUT2D eigenvalue weighted by Crippen LogP contribution is -2.50. The van der Waals surface area contributed by atoms with Crippen molar-refractivity contribution in [3.63, 3.8) is 0 Å². The topological polar surface area (TPSA) is 114 Å². The number of nitrogens with zero attached hydrogens (tertiary/aromatic N) is 3. The van der Waals surface area contributed by atoms with Crippen LogP contribution in [0.25, 0.3) is 0 Å². The number of carbonyl (C=O) groups excluding carboxylic acids is 2. The van der Waals surface area contributed by atoms with Gasteiger partial charge in [-0.3, -0.25) is 9.59 Å². The number of sulfonamides is 1. The van der Waals surface area contributed by atoms with Crippen LogP contribution in [-0.4, -0.2) is 65.5 Å². The number of hydrogen-bond donors (Lipinski definition) is 1. The van der Waals surface area contributed by atoms with E-state index in [1.807, 2.05) is 0 Å². The summed E-state index contributed by atoms with van der Waals surface area (Å²) in [4.78, 5) is 31.2. The van der Waals surface area contributed by atoms with Gasteiger partial charge in [0.1, 0.15) is 6.04 Å². The summed E-state index contributed by atoms with van der Waals surface area (Å²) in [6.45, 7) is 0.127. The number of hydrogen-bond acceptors (Lipinski definition) is 6. The SMILES string of the molecule is NC(CC1CCCCC1)C(=O)N1CCC2C1C(=O)CN2S(=O)(=O)c1ccccn1. The number of pyridine rings is 1. The predicted molar refractivity (Wildman–Crippen MR) is 106 cm³/mol. The molecule has 3 fully saturated rings. The lowest BCUT2D eigenvalue weighted by Gasteiger charge is -2.29. The monoisotopic (exact) mass is 420 g/mol. The first kappa shape index (κ1) is 20.4. The molecule has 1 aromatic heterocycles. The molecule has 9 heteroatoms. The summed E-state index contributed by atoms with van der Waals surface area (Å²) in [5.74, 6) is -0.0138. The molecule has 1 saturated carbocycles. The Hall–Kier alpha value is -1.84. The van der Waals surface area contributed by atoms with Crippen molar-refractivity contribution >= 4 is 21.7 Å². The second-order valence-corrected chi connectivity index (χ2v) is 10.2. The largest absolute Gasteiger partial charge is 0.330 e. The smallest absolute Gasteiger partial charge is 0.261 e. The summed E-state index contributed by atoms with van der Waals surface area (Å²) in [7, 11) is -3.89. The molecule has 0 aromatic carbocycles. The summed E-state index contributed by atoms with van der Waals surface area (Å²) in [5, 5.41) is -0.0766. The van der Waals surface area contributed by atoms with E-state index < -0.39 is 28.1 Å². The standard InChI is InChI=1S/C20H28N4O4S/c21-15(12-14-6-2-1-3-7-14)20(26)23-11-9-16-19(23)17(25)13-24(16)29(27,28)18-8-4-5-10-22-18/h4-5,8,10,14-16,19H,1-3,6-7,9,11-13,21H2. The molecule has 0 spiro atoms. The van der Waals surface area contributed by atoms with Crippen LogP contribution >= 0.6 is 0 Å². The van der Waals surface area contributed by atoms with Gasteiger partial charge in [-0.15, -0.1) is 0 Å². The highest BCUT2D eigenvalue weighted by atomic mass is 32.2. The first-order valence-corrected chi connectivity index (χ1v) is 11.9. The fourth-order valence-electron chi connectivity index (χ4n) is 5.06. The van der Waals surface area contributed by atoms with Crippen molar-refractivity contribution in [2.24, 2.45) is 11.7 Å². The molecule has 3 atom stereocenters. The van der Waals surface area contributed by atoms with Crippen LogP contribution in [0.4, 0.5) is 0 Å². The molecule has 0 radical (unpaired) electrons. The number of aromatic nitrogens is 1. The molecule has 29 heavy (non-hydrogen) atoms. The Morgan fingerprint density at radius 1 is 1.21 bits per heavy atom. The molecular formula is C20H28N4O4S. The van der Waals surface area contributed by atoms with Gasteiger partial charge in [0.05, 0.1) is 18.6 Å². The van der Waals surface area contributed by atoms with E-state index in [1.54, 1.807) is 12.1 Å². The zero-order valence-electron chi connectivity index (χ0n) is 16.4. The third kappa shape index (κ3) is 3.83. The minimum atomic E-state index is -3.89. The molecule has 3 unspecified atom stereocenters. The Bertz CT molecular complexity index is 870. The van der Waals surface area contributed by atoms with Crippen molar-refractivity contribution in [1.82, 2.24) is 14.2 Å². The zero-order chi connectivity index (χ0) is 20.6. The Kier molecular flexibility index (Phi) is 5.72. The van der Waals surface area contributed by atoms with Crippen LogP contribution in [0, 0.1) is 5.92 Å². The normalized spacial score (nSPS) is 27.2. The Morgan fingerprint density at radius 3 is 2.66 bits per heavy atom. The maximum atomic E-state index is 13.0. The zero-order valence-corrected chi connectivity index (χ0v) is 17.3. The average molecular weight is 421 g/mol. The number of nitrogens with two attached hydrogens (primary N) is 1. The van der Waals surface area contributed by atoms with Gasteiger partial charge < -0.3 is 10.6 Å². The van der Waals surface area contributed by atoms with Crippen LogP contribution in [0.5, 0.6) is 0 Å². The number of carbonyl (C=O) groups is 2. The Balaban J connectivity index is 1.48. The molecule has 3 heterocycles. The molecule has 1 amide bonds. The summed E-state index contributed by atoms with van der Waals surface area (Å²) < 4.78 is 27.2. The fraction of sp³-hybridized carbons (Fsp3) is 0.650. The molecule has 4 rings (SSSR count). The number of rotatable bonds is 5.